The Hall–Kier alpha value is -0.570. The Bertz CT molecular complexity index is 206. The first kappa shape index (κ1) is 10.9. The van der Waals surface area contributed by atoms with Gasteiger partial charge in [0.25, 0.3) is 0 Å². The zero-order chi connectivity index (χ0) is 10.5. The normalized spacial score (nSPS) is 27.1. The first-order chi connectivity index (χ1) is 7.34. The molecule has 2 N–H and O–H groups in total. The Morgan fingerprint density at radius 2 is 2.13 bits per heavy atom. The quantitative estimate of drug-likeness (QED) is 0.737. The molecule has 86 valence electrons. The average Bonchev–Trinajstić information content (AvgIpc) is 3.01. The summed E-state index contributed by atoms with van der Waals surface area (Å²) in [5.41, 5.74) is 0. The van der Waals surface area contributed by atoms with Crippen molar-refractivity contribution in [3.8, 4) is 0 Å². The van der Waals surface area contributed by atoms with Crippen molar-refractivity contribution in [1.82, 2.24) is 10.6 Å². The third-order valence-corrected chi connectivity index (χ3v) is 3.37. The van der Waals surface area contributed by atoms with Crippen LogP contribution in [-0.2, 0) is 4.79 Å². The lowest BCUT2D eigenvalue weighted by Gasteiger charge is -2.13. The lowest BCUT2D eigenvalue weighted by molar-refractivity contribution is -0.121. The van der Waals surface area contributed by atoms with E-state index in [1.807, 2.05) is 0 Å². The van der Waals surface area contributed by atoms with E-state index in [-0.39, 0.29) is 5.91 Å². The van der Waals surface area contributed by atoms with Crippen molar-refractivity contribution in [3.05, 3.63) is 0 Å². The molecule has 0 spiro atoms. The summed E-state index contributed by atoms with van der Waals surface area (Å²) in [5, 5.41) is 6.49. The molecule has 1 amide bonds. The van der Waals surface area contributed by atoms with Crippen LogP contribution in [0, 0.1) is 5.92 Å². The molecule has 0 aromatic heterocycles. The first-order valence-electron chi connectivity index (χ1n) is 6.34. The lowest BCUT2D eigenvalue weighted by Crippen LogP contribution is -2.27. The van der Waals surface area contributed by atoms with E-state index >= 15 is 0 Å². The fourth-order valence-electron chi connectivity index (χ4n) is 2.20. The summed E-state index contributed by atoms with van der Waals surface area (Å²) in [6.45, 7) is 2.27. The van der Waals surface area contributed by atoms with E-state index in [9.17, 15) is 4.79 Å². The topological polar surface area (TPSA) is 41.1 Å². The summed E-state index contributed by atoms with van der Waals surface area (Å²) in [4.78, 5) is 11.5. The van der Waals surface area contributed by atoms with Gasteiger partial charge < -0.3 is 10.6 Å². The number of hydrogen-bond donors (Lipinski definition) is 2. The zero-order valence-corrected chi connectivity index (χ0v) is 9.43. The number of rotatable bonds is 4. The van der Waals surface area contributed by atoms with Crippen molar-refractivity contribution in [2.75, 3.05) is 13.1 Å². The van der Waals surface area contributed by atoms with E-state index < -0.39 is 0 Å². The zero-order valence-electron chi connectivity index (χ0n) is 9.43. The number of carbonyl (C=O) groups is 1. The van der Waals surface area contributed by atoms with Gasteiger partial charge >= 0.3 is 0 Å². The third kappa shape index (κ3) is 4.20. The maximum atomic E-state index is 11.5. The second-order valence-electron chi connectivity index (χ2n) is 4.95. The summed E-state index contributed by atoms with van der Waals surface area (Å²) in [6.07, 6.45) is 8.08. The Morgan fingerprint density at radius 3 is 2.93 bits per heavy atom. The van der Waals surface area contributed by atoms with E-state index in [4.69, 9.17) is 0 Å². The predicted octanol–water partition coefficient (Wildman–Crippen LogP) is 1.43. The molecule has 1 heterocycles. The van der Waals surface area contributed by atoms with E-state index in [0.717, 1.165) is 31.8 Å². The highest BCUT2D eigenvalue weighted by atomic mass is 16.1. The van der Waals surface area contributed by atoms with Gasteiger partial charge in [-0.15, -0.1) is 0 Å². The van der Waals surface area contributed by atoms with Crippen LogP contribution in [0.2, 0.25) is 0 Å². The van der Waals surface area contributed by atoms with Crippen LogP contribution in [0.25, 0.3) is 0 Å². The molecule has 0 bridgehead atoms. The molecule has 2 rings (SSSR count). The van der Waals surface area contributed by atoms with Crippen molar-refractivity contribution in [3.63, 3.8) is 0 Å². The Labute approximate surface area is 92.0 Å². The molecule has 0 radical (unpaired) electrons. The van der Waals surface area contributed by atoms with Crippen molar-refractivity contribution in [2.45, 2.75) is 51.0 Å². The molecular weight excluding hydrogens is 188 g/mol. The summed E-state index contributed by atoms with van der Waals surface area (Å²) in [7, 11) is 0. The molecule has 1 saturated heterocycles. The van der Waals surface area contributed by atoms with Crippen molar-refractivity contribution < 1.29 is 4.79 Å². The molecule has 2 aliphatic rings. The highest BCUT2D eigenvalue weighted by Crippen LogP contribution is 2.20. The van der Waals surface area contributed by atoms with Gasteiger partial charge in [0, 0.05) is 12.5 Å². The van der Waals surface area contributed by atoms with Gasteiger partial charge in [-0.2, -0.15) is 0 Å². The third-order valence-electron chi connectivity index (χ3n) is 3.37. The molecule has 1 saturated carbocycles. The highest BCUT2D eigenvalue weighted by molar-refractivity contribution is 5.76. The first-order valence-corrected chi connectivity index (χ1v) is 6.34. The van der Waals surface area contributed by atoms with E-state index in [0.29, 0.717) is 6.04 Å². The van der Waals surface area contributed by atoms with Gasteiger partial charge in [0.15, 0.2) is 0 Å². The summed E-state index contributed by atoms with van der Waals surface area (Å²) in [6, 6.07) is 0.518. The van der Waals surface area contributed by atoms with Crippen LogP contribution in [0.5, 0.6) is 0 Å². The maximum Gasteiger partial charge on any atom is 0.220 e. The molecule has 2 fully saturated rings. The van der Waals surface area contributed by atoms with Gasteiger partial charge in [-0.1, -0.05) is 6.42 Å². The monoisotopic (exact) mass is 210 g/mol. The second kappa shape index (κ2) is 5.50. The molecule has 1 aliphatic carbocycles. The van der Waals surface area contributed by atoms with E-state index in [2.05, 4.69) is 10.6 Å². The molecular formula is C12H22N2O. The number of amides is 1. The molecule has 1 aliphatic heterocycles. The molecule has 0 aromatic carbocycles. The second-order valence-corrected chi connectivity index (χ2v) is 4.95. The molecule has 3 nitrogen and oxygen atoms in total. The summed E-state index contributed by atoms with van der Waals surface area (Å²) in [5.74, 6) is 0.985. The van der Waals surface area contributed by atoms with Gasteiger partial charge in [0.05, 0.1) is 0 Å². The average molecular weight is 210 g/mol. The van der Waals surface area contributed by atoms with Gasteiger partial charge in [0.1, 0.15) is 0 Å². The van der Waals surface area contributed by atoms with Crippen LogP contribution < -0.4 is 10.6 Å². The lowest BCUT2D eigenvalue weighted by atomic mass is 9.98. The Kier molecular flexibility index (Phi) is 4.01. The Morgan fingerprint density at radius 1 is 1.27 bits per heavy atom. The van der Waals surface area contributed by atoms with E-state index in [1.54, 1.807) is 0 Å². The van der Waals surface area contributed by atoms with Gasteiger partial charge in [-0.3, -0.25) is 4.79 Å². The van der Waals surface area contributed by atoms with Crippen LogP contribution in [0.1, 0.15) is 44.9 Å². The molecule has 0 aromatic rings. The van der Waals surface area contributed by atoms with E-state index in [1.165, 1.54) is 32.1 Å². The largest absolute Gasteiger partial charge is 0.353 e. The Balaban J connectivity index is 1.60. The van der Waals surface area contributed by atoms with Gasteiger partial charge in [-0.05, 0) is 51.1 Å². The summed E-state index contributed by atoms with van der Waals surface area (Å²) < 4.78 is 0. The minimum absolute atomic E-state index is 0.266. The smallest absolute Gasteiger partial charge is 0.220 e. The maximum absolute atomic E-state index is 11.5. The minimum atomic E-state index is 0.266. The summed E-state index contributed by atoms with van der Waals surface area (Å²) >= 11 is 0. The fraction of sp³-hybridized carbons (Fsp3) is 0.917. The SMILES string of the molecule is O=C(CCC1CCCCNC1)NC1CC1. The highest BCUT2D eigenvalue weighted by Gasteiger charge is 2.23. The van der Waals surface area contributed by atoms with Crippen molar-refractivity contribution in [1.29, 1.82) is 0 Å². The number of carbonyl (C=O) groups excluding carboxylic acids is 1. The molecule has 15 heavy (non-hydrogen) atoms. The molecule has 1 atom stereocenters. The number of nitrogens with one attached hydrogen (secondary N) is 2. The van der Waals surface area contributed by atoms with Crippen LogP contribution in [0.15, 0.2) is 0 Å². The van der Waals surface area contributed by atoms with Crippen molar-refractivity contribution >= 4 is 5.91 Å². The predicted molar refractivity (Wildman–Crippen MR) is 60.6 cm³/mol. The van der Waals surface area contributed by atoms with Crippen LogP contribution >= 0.6 is 0 Å². The van der Waals surface area contributed by atoms with Crippen LogP contribution in [-0.4, -0.2) is 25.0 Å². The molecule has 3 heteroatoms. The van der Waals surface area contributed by atoms with Crippen LogP contribution in [0.3, 0.4) is 0 Å². The van der Waals surface area contributed by atoms with Gasteiger partial charge in [0.2, 0.25) is 5.91 Å². The van der Waals surface area contributed by atoms with Gasteiger partial charge in [-0.25, -0.2) is 0 Å². The standard InChI is InChI=1S/C12H22N2O/c15-12(14-11-5-6-11)7-4-10-3-1-2-8-13-9-10/h10-11,13H,1-9H2,(H,14,15). The minimum Gasteiger partial charge on any atom is -0.353 e. The number of hydrogen-bond acceptors (Lipinski definition) is 2. The van der Waals surface area contributed by atoms with Crippen molar-refractivity contribution in [2.24, 2.45) is 5.92 Å². The fourth-order valence-corrected chi connectivity index (χ4v) is 2.20. The molecule has 1 unspecified atom stereocenters. The van der Waals surface area contributed by atoms with Crippen LogP contribution in [0.4, 0.5) is 0 Å².